The normalized spacial score (nSPS) is 15.2. The van der Waals surface area contributed by atoms with E-state index in [1.54, 1.807) is 10.9 Å². The number of hydrogen-bond acceptors (Lipinski definition) is 7. The van der Waals surface area contributed by atoms with Gasteiger partial charge in [0.15, 0.2) is 6.23 Å². The van der Waals surface area contributed by atoms with Gasteiger partial charge in [0.1, 0.15) is 11.6 Å². The number of aliphatic hydroxyl groups is 1. The second-order valence-corrected chi connectivity index (χ2v) is 8.55. The molecule has 1 aliphatic rings. The Kier molecular flexibility index (Phi) is 5.24. The lowest BCUT2D eigenvalue weighted by molar-refractivity contribution is 0.207. The van der Waals surface area contributed by atoms with Crippen LogP contribution in [-0.2, 0) is 7.05 Å². The second kappa shape index (κ2) is 8.22. The molecule has 1 aromatic carbocycles. The first-order valence-corrected chi connectivity index (χ1v) is 10.7. The molecule has 8 heteroatoms. The molecule has 164 valence electrons. The summed E-state index contributed by atoms with van der Waals surface area (Å²) in [5.41, 5.74) is 2.91. The maximum absolute atomic E-state index is 10.8. The molecule has 1 saturated heterocycles. The van der Waals surface area contributed by atoms with Crippen LogP contribution in [0.15, 0.2) is 61.2 Å². The van der Waals surface area contributed by atoms with E-state index < -0.39 is 6.23 Å². The zero-order valence-corrected chi connectivity index (χ0v) is 18.5. The Hall–Kier alpha value is -3.49. The standard InChI is InChI=1S/C24H27N7O/c1-29(2)21-14-31(15-21)23-10-17(6-7-25-23)24(32)28-22-9-19-8-16(4-5-18(19)11-26-22)20-12-27-30(3)13-20/h4-13,21,24,32H,14-15H2,1-3H3,(H,26,28). The Morgan fingerprint density at radius 1 is 1.03 bits per heavy atom. The van der Waals surface area contributed by atoms with Gasteiger partial charge in [-0.2, -0.15) is 5.10 Å². The third kappa shape index (κ3) is 4.02. The van der Waals surface area contributed by atoms with Gasteiger partial charge in [-0.05, 0) is 49.3 Å². The number of fused-ring (bicyclic) bond motifs is 1. The first-order valence-electron chi connectivity index (χ1n) is 10.7. The molecule has 0 aliphatic carbocycles. The van der Waals surface area contributed by atoms with Crippen molar-refractivity contribution in [2.45, 2.75) is 12.3 Å². The predicted octanol–water partition coefficient (Wildman–Crippen LogP) is 2.88. The fourth-order valence-electron chi connectivity index (χ4n) is 3.94. The number of likely N-dealkylation sites (N-methyl/N-ethyl adjacent to an activating group) is 1. The van der Waals surface area contributed by atoms with Crippen LogP contribution in [0.5, 0.6) is 0 Å². The molecule has 0 radical (unpaired) electrons. The average Bonchev–Trinajstić information content (AvgIpc) is 3.18. The van der Waals surface area contributed by atoms with E-state index in [9.17, 15) is 5.11 Å². The zero-order valence-electron chi connectivity index (χ0n) is 18.5. The molecule has 1 unspecified atom stereocenters. The van der Waals surface area contributed by atoms with Crippen molar-refractivity contribution in [3.63, 3.8) is 0 Å². The number of aliphatic hydroxyl groups excluding tert-OH is 1. The quantitative estimate of drug-likeness (QED) is 0.456. The molecule has 0 bridgehead atoms. The van der Waals surface area contributed by atoms with Gasteiger partial charge in [0, 0.05) is 61.3 Å². The lowest BCUT2D eigenvalue weighted by Crippen LogP contribution is -2.57. The summed E-state index contributed by atoms with van der Waals surface area (Å²) in [6.45, 7) is 1.89. The summed E-state index contributed by atoms with van der Waals surface area (Å²) in [6.07, 6.45) is 6.52. The van der Waals surface area contributed by atoms with E-state index >= 15 is 0 Å². The zero-order chi connectivity index (χ0) is 22.2. The van der Waals surface area contributed by atoms with Gasteiger partial charge < -0.3 is 20.2 Å². The van der Waals surface area contributed by atoms with Crippen molar-refractivity contribution in [1.82, 2.24) is 24.6 Å². The minimum atomic E-state index is -0.880. The Bertz CT molecular complexity index is 1250. The third-order valence-electron chi connectivity index (χ3n) is 6.05. The summed E-state index contributed by atoms with van der Waals surface area (Å²) in [6, 6.07) is 12.5. The van der Waals surface area contributed by atoms with Gasteiger partial charge in [-0.3, -0.25) is 4.68 Å². The first-order chi connectivity index (χ1) is 15.5. The second-order valence-electron chi connectivity index (χ2n) is 8.55. The minimum absolute atomic E-state index is 0.543. The molecular weight excluding hydrogens is 402 g/mol. The van der Waals surface area contributed by atoms with Gasteiger partial charge in [0.05, 0.1) is 6.20 Å². The monoisotopic (exact) mass is 429 g/mol. The fraction of sp³-hybridized carbons (Fsp3) is 0.292. The molecule has 4 heterocycles. The van der Waals surface area contributed by atoms with Crippen LogP contribution in [0, 0.1) is 0 Å². The predicted molar refractivity (Wildman–Crippen MR) is 126 cm³/mol. The lowest BCUT2D eigenvalue weighted by Gasteiger charge is -2.43. The maximum atomic E-state index is 10.8. The van der Waals surface area contributed by atoms with Crippen molar-refractivity contribution in [3.05, 3.63) is 66.7 Å². The van der Waals surface area contributed by atoms with Crippen LogP contribution in [0.25, 0.3) is 21.9 Å². The molecule has 4 aromatic rings. The topological polar surface area (TPSA) is 82.3 Å². The molecule has 0 spiro atoms. The highest BCUT2D eigenvalue weighted by molar-refractivity contribution is 5.88. The molecule has 3 aromatic heterocycles. The van der Waals surface area contributed by atoms with E-state index in [2.05, 4.69) is 56.4 Å². The Labute approximate surface area is 187 Å². The number of rotatable bonds is 6. The van der Waals surface area contributed by atoms with Crippen molar-refractivity contribution in [3.8, 4) is 11.1 Å². The Balaban J connectivity index is 1.33. The number of benzene rings is 1. The molecule has 0 saturated carbocycles. The van der Waals surface area contributed by atoms with Crippen LogP contribution in [0.1, 0.15) is 11.8 Å². The summed E-state index contributed by atoms with van der Waals surface area (Å²) in [5.74, 6) is 1.50. The fourth-order valence-corrected chi connectivity index (χ4v) is 3.94. The van der Waals surface area contributed by atoms with Gasteiger partial charge in [-0.1, -0.05) is 12.1 Å². The molecule has 32 heavy (non-hydrogen) atoms. The molecular formula is C24H27N7O. The van der Waals surface area contributed by atoms with E-state index in [0.717, 1.165) is 46.4 Å². The van der Waals surface area contributed by atoms with Gasteiger partial charge in [0.25, 0.3) is 0 Å². The number of aromatic nitrogens is 4. The minimum Gasteiger partial charge on any atom is -0.369 e. The molecule has 1 atom stereocenters. The highest BCUT2D eigenvalue weighted by Gasteiger charge is 2.29. The highest BCUT2D eigenvalue weighted by atomic mass is 16.3. The number of aryl methyl sites for hydroxylation is 1. The molecule has 0 amide bonds. The van der Waals surface area contributed by atoms with Crippen LogP contribution in [0.2, 0.25) is 0 Å². The first kappa shape index (κ1) is 20.4. The Morgan fingerprint density at radius 3 is 2.62 bits per heavy atom. The summed E-state index contributed by atoms with van der Waals surface area (Å²) in [7, 11) is 6.09. The van der Waals surface area contributed by atoms with Crippen LogP contribution < -0.4 is 10.2 Å². The average molecular weight is 430 g/mol. The van der Waals surface area contributed by atoms with E-state index in [1.807, 2.05) is 49.9 Å². The molecule has 5 rings (SSSR count). The van der Waals surface area contributed by atoms with Gasteiger partial charge in [-0.15, -0.1) is 0 Å². The molecule has 1 fully saturated rings. The van der Waals surface area contributed by atoms with E-state index in [4.69, 9.17) is 0 Å². The number of pyridine rings is 2. The van der Waals surface area contributed by atoms with Crippen LogP contribution in [0.4, 0.5) is 11.6 Å². The number of nitrogens with one attached hydrogen (secondary N) is 1. The van der Waals surface area contributed by atoms with Crippen molar-refractivity contribution in [2.24, 2.45) is 7.05 Å². The molecule has 1 aliphatic heterocycles. The van der Waals surface area contributed by atoms with Crippen molar-refractivity contribution in [2.75, 3.05) is 37.4 Å². The molecule has 2 N–H and O–H groups in total. The highest BCUT2D eigenvalue weighted by Crippen LogP contribution is 2.27. The lowest BCUT2D eigenvalue weighted by atomic mass is 10.0. The van der Waals surface area contributed by atoms with Crippen molar-refractivity contribution >= 4 is 22.4 Å². The van der Waals surface area contributed by atoms with E-state index in [1.165, 1.54) is 0 Å². The van der Waals surface area contributed by atoms with E-state index in [-0.39, 0.29) is 0 Å². The van der Waals surface area contributed by atoms with Gasteiger partial charge >= 0.3 is 0 Å². The summed E-state index contributed by atoms with van der Waals surface area (Å²) in [4.78, 5) is 13.4. The van der Waals surface area contributed by atoms with Gasteiger partial charge in [0.2, 0.25) is 0 Å². The van der Waals surface area contributed by atoms with Gasteiger partial charge in [-0.25, -0.2) is 9.97 Å². The number of anilines is 2. The maximum Gasteiger partial charge on any atom is 0.152 e. The molecule has 8 nitrogen and oxygen atoms in total. The van der Waals surface area contributed by atoms with Crippen molar-refractivity contribution < 1.29 is 5.11 Å². The van der Waals surface area contributed by atoms with Crippen LogP contribution in [-0.4, -0.2) is 63.0 Å². The summed E-state index contributed by atoms with van der Waals surface area (Å²) in [5, 5.41) is 20.3. The largest absolute Gasteiger partial charge is 0.369 e. The van der Waals surface area contributed by atoms with Crippen molar-refractivity contribution in [1.29, 1.82) is 0 Å². The smallest absolute Gasteiger partial charge is 0.152 e. The number of hydrogen-bond donors (Lipinski definition) is 2. The Morgan fingerprint density at radius 2 is 1.88 bits per heavy atom. The third-order valence-corrected chi connectivity index (χ3v) is 6.05. The van der Waals surface area contributed by atoms with Crippen LogP contribution in [0.3, 0.4) is 0 Å². The SMILES string of the molecule is CN(C)C1CN(c2cc(C(O)Nc3cc4cc(-c5cnn(C)c5)ccc4cn3)ccn2)C1. The summed E-state index contributed by atoms with van der Waals surface area (Å²) < 4.78 is 1.79. The number of nitrogens with zero attached hydrogens (tertiary/aromatic N) is 6. The van der Waals surface area contributed by atoms with E-state index in [0.29, 0.717) is 11.9 Å². The summed E-state index contributed by atoms with van der Waals surface area (Å²) >= 11 is 0. The van der Waals surface area contributed by atoms with Crippen LogP contribution >= 0.6 is 0 Å².